The molecule has 1 N–H and O–H groups in total. The lowest BCUT2D eigenvalue weighted by atomic mass is 9.75. The molecule has 1 heterocycles. The van der Waals surface area contributed by atoms with Crippen molar-refractivity contribution in [2.24, 2.45) is 5.92 Å². The molecule has 1 aliphatic heterocycles. The third-order valence-electron chi connectivity index (χ3n) is 5.11. The maximum absolute atomic E-state index is 12.7. The highest BCUT2D eigenvalue weighted by Crippen LogP contribution is 2.44. The van der Waals surface area contributed by atoms with Crippen LogP contribution in [0.15, 0.2) is 18.2 Å². The molecule has 0 unspecified atom stereocenters. The Kier molecular flexibility index (Phi) is 3.94. The summed E-state index contributed by atoms with van der Waals surface area (Å²) in [6.45, 7) is 4.07. The molecule has 2 fully saturated rings. The molecule has 1 saturated carbocycles. The van der Waals surface area contributed by atoms with Gasteiger partial charge in [0, 0.05) is 5.69 Å². The van der Waals surface area contributed by atoms with Gasteiger partial charge in [-0.2, -0.15) is 0 Å². The van der Waals surface area contributed by atoms with Gasteiger partial charge >= 0.3 is 5.97 Å². The first-order valence-electron chi connectivity index (χ1n) is 8.10. The van der Waals surface area contributed by atoms with Gasteiger partial charge in [0.1, 0.15) is 5.60 Å². The molecule has 4 heteroatoms. The van der Waals surface area contributed by atoms with Gasteiger partial charge in [-0.3, -0.25) is 9.59 Å². The van der Waals surface area contributed by atoms with Crippen LogP contribution in [0.1, 0.15) is 49.7 Å². The Balaban J connectivity index is 1.78. The van der Waals surface area contributed by atoms with Gasteiger partial charge < -0.3 is 10.1 Å². The summed E-state index contributed by atoms with van der Waals surface area (Å²) in [7, 11) is 0. The fourth-order valence-corrected chi connectivity index (χ4v) is 3.67. The van der Waals surface area contributed by atoms with E-state index in [0.717, 1.165) is 43.4 Å². The average molecular weight is 301 g/mol. The predicted molar refractivity (Wildman–Crippen MR) is 84.6 cm³/mol. The number of carbonyl (C=O) groups is 2. The molecule has 2 aliphatic rings. The van der Waals surface area contributed by atoms with Gasteiger partial charge in [-0.05, 0) is 62.8 Å². The van der Waals surface area contributed by atoms with Gasteiger partial charge in [0.2, 0.25) is 5.91 Å². The molecule has 0 aromatic heterocycles. The molecule has 118 valence electrons. The van der Waals surface area contributed by atoms with Crippen LogP contribution in [0.2, 0.25) is 0 Å². The van der Waals surface area contributed by atoms with E-state index >= 15 is 0 Å². The van der Waals surface area contributed by atoms with Crippen molar-refractivity contribution in [1.29, 1.82) is 0 Å². The number of rotatable bonds is 2. The number of amides is 1. The largest absolute Gasteiger partial charge is 0.458 e. The molecular formula is C18H23NO3. The minimum Gasteiger partial charge on any atom is -0.458 e. The van der Waals surface area contributed by atoms with Gasteiger partial charge in [0.05, 0.1) is 12.3 Å². The van der Waals surface area contributed by atoms with Crippen LogP contribution in [0.3, 0.4) is 0 Å². The molecule has 1 saturated heterocycles. The third-order valence-corrected chi connectivity index (χ3v) is 5.11. The second kappa shape index (κ2) is 5.75. The van der Waals surface area contributed by atoms with Gasteiger partial charge in [-0.15, -0.1) is 0 Å². The molecule has 0 radical (unpaired) electrons. The second-order valence-corrected chi connectivity index (χ2v) is 6.64. The van der Waals surface area contributed by atoms with Crippen molar-refractivity contribution in [3.63, 3.8) is 0 Å². The zero-order valence-corrected chi connectivity index (χ0v) is 13.3. The van der Waals surface area contributed by atoms with Crippen molar-refractivity contribution in [1.82, 2.24) is 0 Å². The Morgan fingerprint density at radius 2 is 1.91 bits per heavy atom. The van der Waals surface area contributed by atoms with Gasteiger partial charge in [0.25, 0.3) is 0 Å². The van der Waals surface area contributed by atoms with Crippen molar-refractivity contribution in [3.8, 4) is 0 Å². The van der Waals surface area contributed by atoms with Gasteiger partial charge in [0.15, 0.2) is 0 Å². The normalized spacial score (nSPS) is 23.4. The number of ether oxygens (including phenoxy) is 1. The Bertz CT molecular complexity index is 602. The Morgan fingerprint density at radius 3 is 2.59 bits per heavy atom. The smallest absolute Gasteiger partial charge is 0.307 e. The number of anilines is 1. The monoisotopic (exact) mass is 301 g/mol. The van der Waals surface area contributed by atoms with Crippen LogP contribution in [-0.2, 0) is 14.3 Å². The van der Waals surface area contributed by atoms with Crippen molar-refractivity contribution in [3.05, 3.63) is 29.3 Å². The summed E-state index contributed by atoms with van der Waals surface area (Å²) in [5.74, 6) is -0.681. The summed E-state index contributed by atoms with van der Waals surface area (Å²) in [5.41, 5.74) is 2.57. The standard InChI is InChI=1S/C18H23NO3/c1-12-6-7-14(10-13(12)2)19-17(21)15-11-16(20)22-18(15)8-4-3-5-9-18/h6-7,10,15H,3-5,8-9,11H2,1-2H3,(H,19,21)/t15-/m0/s1. The zero-order valence-electron chi connectivity index (χ0n) is 13.3. The number of aryl methyl sites for hydroxylation is 2. The Labute approximate surface area is 131 Å². The maximum Gasteiger partial charge on any atom is 0.307 e. The van der Waals surface area contributed by atoms with Crippen LogP contribution in [-0.4, -0.2) is 17.5 Å². The fraction of sp³-hybridized carbons (Fsp3) is 0.556. The summed E-state index contributed by atoms with van der Waals surface area (Å²) in [6, 6.07) is 5.88. The van der Waals surface area contributed by atoms with Crippen LogP contribution in [0.25, 0.3) is 0 Å². The predicted octanol–water partition coefficient (Wildman–Crippen LogP) is 3.51. The first kappa shape index (κ1) is 15.1. The highest BCUT2D eigenvalue weighted by atomic mass is 16.6. The van der Waals surface area contributed by atoms with Crippen molar-refractivity contribution in [2.75, 3.05) is 5.32 Å². The van der Waals surface area contributed by atoms with E-state index in [0.29, 0.717) is 0 Å². The van der Waals surface area contributed by atoms with Crippen LogP contribution in [0.5, 0.6) is 0 Å². The van der Waals surface area contributed by atoms with Crippen molar-refractivity contribution >= 4 is 17.6 Å². The summed E-state index contributed by atoms with van der Waals surface area (Å²) in [4.78, 5) is 24.5. The van der Waals surface area contributed by atoms with E-state index in [1.165, 1.54) is 5.56 Å². The lowest BCUT2D eigenvalue weighted by molar-refractivity contribution is -0.153. The topological polar surface area (TPSA) is 55.4 Å². The molecule has 4 nitrogen and oxygen atoms in total. The van der Waals surface area contributed by atoms with E-state index in [1.807, 2.05) is 32.0 Å². The van der Waals surface area contributed by atoms with E-state index in [1.54, 1.807) is 0 Å². The molecule has 22 heavy (non-hydrogen) atoms. The maximum atomic E-state index is 12.7. The lowest BCUT2D eigenvalue weighted by Crippen LogP contribution is -2.43. The molecule has 0 bridgehead atoms. The quantitative estimate of drug-likeness (QED) is 0.850. The lowest BCUT2D eigenvalue weighted by Gasteiger charge is -2.36. The number of hydrogen-bond donors (Lipinski definition) is 1. The second-order valence-electron chi connectivity index (χ2n) is 6.64. The molecule has 1 aromatic rings. The Hall–Kier alpha value is -1.84. The summed E-state index contributed by atoms with van der Waals surface area (Å²) >= 11 is 0. The molecule has 1 atom stereocenters. The molecule has 1 amide bonds. The average Bonchev–Trinajstić information content (AvgIpc) is 2.80. The van der Waals surface area contributed by atoms with Crippen LogP contribution in [0.4, 0.5) is 5.69 Å². The SMILES string of the molecule is Cc1ccc(NC(=O)[C@@H]2CC(=O)OC23CCCCC3)cc1C. The highest BCUT2D eigenvalue weighted by molar-refractivity contribution is 5.97. The minimum absolute atomic E-state index is 0.0870. The minimum atomic E-state index is -0.556. The highest BCUT2D eigenvalue weighted by Gasteiger charge is 2.52. The number of esters is 1. The van der Waals surface area contributed by atoms with E-state index < -0.39 is 5.60 Å². The summed E-state index contributed by atoms with van der Waals surface area (Å²) < 4.78 is 5.60. The molecule has 1 spiro atoms. The van der Waals surface area contributed by atoms with E-state index in [9.17, 15) is 9.59 Å². The first-order chi connectivity index (χ1) is 10.5. The van der Waals surface area contributed by atoms with Gasteiger partial charge in [-0.25, -0.2) is 0 Å². The molecule has 1 aromatic carbocycles. The summed E-state index contributed by atoms with van der Waals surface area (Å²) in [5, 5.41) is 2.97. The van der Waals surface area contributed by atoms with Crippen LogP contribution < -0.4 is 5.32 Å². The van der Waals surface area contributed by atoms with Crippen LogP contribution in [0, 0.1) is 19.8 Å². The van der Waals surface area contributed by atoms with Crippen molar-refractivity contribution < 1.29 is 14.3 Å². The van der Waals surface area contributed by atoms with E-state index in [2.05, 4.69) is 5.32 Å². The molecular weight excluding hydrogens is 278 g/mol. The third kappa shape index (κ3) is 2.74. The van der Waals surface area contributed by atoms with Crippen LogP contribution >= 0.6 is 0 Å². The first-order valence-corrected chi connectivity index (χ1v) is 8.10. The van der Waals surface area contributed by atoms with Crippen molar-refractivity contribution in [2.45, 2.75) is 58.0 Å². The number of carbonyl (C=O) groups excluding carboxylic acids is 2. The van der Waals surface area contributed by atoms with Gasteiger partial charge in [-0.1, -0.05) is 12.5 Å². The van der Waals surface area contributed by atoms with E-state index in [4.69, 9.17) is 4.74 Å². The summed E-state index contributed by atoms with van der Waals surface area (Å²) in [6.07, 6.45) is 5.04. The number of nitrogens with one attached hydrogen (secondary N) is 1. The number of hydrogen-bond acceptors (Lipinski definition) is 3. The number of benzene rings is 1. The fourth-order valence-electron chi connectivity index (χ4n) is 3.67. The Morgan fingerprint density at radius 1 is 1.18 bits per heavy atom. The zero-order chi connectivity index (χ0) is 15.7. The van der Waals surface area contributed by atoms with E-state index in [-0.39, 0.29) is 24.2 Å². The molecule has 1 aliphatic carbocycles. The molecule has 3 rings (SSSR count).